The van der Waals surface area contributed by atoms with Crippen LogP contribution in [-0.4, -0.2) is 42.4 Å². The molecule has 0 atom stereocenters. The first-order valence-corrected chi connectivity index (χ1v) is 3.75. The van der Waals surface area contributed by atoms with E-state index >= 15 is 0 Å². The van der Waals surface area contributed by atoms with Crippen LogP contribution in [0.25, 0.3) is 0 Å². The number of hydrogen-bond acceptors (Lipinski definition) is 5. The Kier molecular flexibility index (Phi) is 2.80. The number of ether oxygens (including phenoxy) is 1. The maximum atomic E-state index is 11.1. The minimum absolute atomic E-state index is 0.428. The lowest BCUT2D eigenvalue weighted by atomic mass is 10.3. The molecule has 14 heavy (non-hydrogen) atoms. The molecular formula is C7H8N2O5. The summed E-state index contributed by atoms with van der Waals surface area (Å²) in [6, 6.07) is -0.892. The Hall–Kier alpha value is -1.92. The van der Waals surface area contributed by atoms with Crippen LogP contribution in [0.4, 0.5) is 4.79 Å². The highest BCUT2D eigenvalue weighted by Gasteiger charge is 2.32. The number of barbiturate groups is 1. The summed E-state index contributed by atoms with van der Waals surface area (Å²) < 4.78 is 4.28. The van der Waals surface area contributed by atoms with E-state index in [9.17, 15) is 19.2 Å². The predicted octanol–water partition coefficient (Wildman–Crippen LogP) is -1.37. The molecule has 1 saturated heterocycles. The standard InChI is InChI=1S/C7H8N2O5/c1-14-6(12)3-9-5(11)2-4(10)8-7(9)13/h2-3H2,1H3,(H,8,10,13). The Labute approximate surface area is 79.0 Å². The lowest BCUT2D eigenvalue weighted by molar-refractivity contribution is -0.147. The Morgan fingerprint density at radius 1 is 1.50 bits per heavy atom. The zero-order valence-corrected chi connectivity index (χ0v) is 7.40. The Bertz CT molecular complexity index is 291. The highest BCUT2D eigenvalue weighted by molar-refractivity contribution is 6.14. The van der Waals surface area contributed by atoms with Gasteiger partial charge in [-0.05, 0) is 0 Å². The van der Waals surface area contributed by atoms with Crippen LogP contribution in [0.2, 0.25) is 0 Å². The van der Waals surface area contributed by atoms with Crippen molar-refractivity contribution in [2.24, 2.45) is 0 Å². The van der Waals surface area contributed by atoms with E-state index in [0.717, 1.165) is 7.11 Å². The van der Waals surface area contributed by atoms with E-state index in [1.165, 1.54) is 0 Å². The Morgan fingerprint density at radius 2 is 2.14 bits per heavy atom. The fourth-order valence-electron chi connectivity index (χ4n) is 0.931. The number of carbonyl (C=O) groups excluding carboxylic acids is 4. The smallest absolute Gasteiger partial charge is 0.331 e. The highest BCUT2D eigenvalue weighted by atomic mass is 16.5. The molecule has 1 aliphatic heterocycles. The molecule has 76 valence electrons. The molecule has 0 bridgehead atoms. The molecule has 1 aliphatic rings. The summed E-state index contributed by atoms with van der Waals surface area (Å²) in [6.45, 7) is -0.478. The van der Waals surface area contributed by atoms with Gasteiger partial charge in [-0.25, -0.2) is 4.79 Å². The number of urea groups is 1. The third kappa shape index (κ3) is 2.06. The maximum Gasteiger partial charge on any atom is 0.331 e. The summed E-state index contributed by atoms with van der Waals surface area (Å²) in [4.78, 5) is 44.2. The number of rotatable bonds is 2. The van der Waals surface area contributed by atoms with Gasteiger partial charge < -0.3 is 4.74 Å². The number of hydrogen-bond donors (Lipinski definition) is 1. The fraction of sp³-hybridized carbons (Fsp3) is 0.429. The Morgan fingerprint density at radius 3 is 2.64 bits per heavy atom. The van der Waals surface area contributed by atoms with Gasteiger partial charge in [0.25, 0.3) is 0 Å². The largest absolute Gasteiger partial charge is 0.468 e. The van der Waals surface area contributed by atoms with Crippen LogP contribution >= 0.6 is 0 Å². The van der Waals surface area contributed by atoms with Crippen LogP contribution in [0, 0.1) is 0 Å². The van der Waals surface area contributed by atoms with Crippen molar-refractivity contribution in [3.05, 3.63) is 0 Å². The van der Waals surface area contributed by atoms with Crippen molar-refractivity contribution in [3.63, 3.8) is 0 Å². The van der Waals surface area contributed by atoms with Crippen LogP contribution in [0.3, 0.4) is 0 Å². The second-order valence-corrected chi connectivity index (χ2v) is 2.59. The van der Waals surface area contributed by atoms with Crippen LogP contribution in [-0.2, 0) is 19.1 Å². The zero-order chi connectivity index (χ0) is 10.7. The van der Waals surface area contributed by atoms with Crippen molar-refractivity contribution in [2.45, 2.75) is 6.42 Å². The number of nitrogens with one attached hydrogen (secondary N) is 1. The van der Waals surface area contributed by atoms with Gasteiger partial charge in [-0.15, -0.1) is 0 Å². The van der Waals surface area contributed by atoms with Crippen molar-refractivity contribution in [1.29, 1.82) is 0 Å². The summed E-state index contributed by atoms with van der Waals surface area (Å²) in [6.07, 6.45) is -0.428. The Balaban J connectivity index is 2.68. The quantitative estimate of drug-likeness (QED) is 0.438. The zero-order valence-electron chi connectivity index (χ0n) is 7.40. The topological polar surface area (TPSA) is 92.8 Å². The molecule has 0 saturated carbocycles. The molecule has 1 rings (SSSR count). The molecule has 0 aromatic carbocycles. The van der Waals surface area contributed by atoms with Crippen LogP contribution < -0.4 is 5.32 Å². The minimum Gasteiger partial charge on any atom is -0.468 e. The number of esters is 1. The molecule has 0 unspecified atom stereocenters. The van der Waals surface area contributed by atoms with Gasteiger partial charge in [-0.1, -0.05) is 0 Å². The molecule has 7 heteroatoms. The average Bonchev–Trinajstić information content (AvgIpc) is 2.10. The average molecular weight is 200 g/mol. The van der Waals surface area contributed by atoms with Gasteiger partial charge in [0, 0.05) is 0 Å². The van der Waals surface area contributed by atoms with E-state index in [1.54, 1.807) is 0 Å². The molecule has 1 N–H and O–H groups in total. The summed E-state index contributed by atoms with van der Waals surface area (Å²) >= 11 is 0. The normalized spacial score (nSPS) is 16.6. The van der Waals surface area contributed by atoms with Gasteiger partial charge in [0.15, 0.2) is 0 Å². The van der Waals surface area contributed by atoms with Crippen molar-refractivity contribution in [3.8, 4) is 0 Å². The van der Waals surface area contributed by atoms with Gasteiger partial charge in [0.1, 0.15) is 13.0 Å². The van der Waals surface area contributed by atoms with Crippen molar-refractivity contribution in [1.82, 2.24) is 10.2 Å². The summed E-state index contributed by atoms with van der Waals surface area (Å²) in [5.74, 6) is -2.09. The van der Waals surface area contributed by atoms with E-state index < -0.39 is 36.8 Å². The van der Waals surface area contributed by atoms with Gasteiger partial charge in [-0.2, -0.15) is 0 Å². The van der Waals surface area contributed by atoms with Crippen molar-refractivity contribution >= 4 is 23.8 Å². The molecular weight excluding hydrogens is 192 g/mol. The van der Waals surface area contributed by atoms with E-state index in [-0.39, 0.29) is 0 Å². The summed E-state index contributed by atoms with van der Waals surface area (Å²) in [5.41, 5.74) is 0. The van der Waals surface area contributed by atoms with Gasteiger partial charge in [0.05, 0.1) is 7.11 Å². The van der Waals surface area contributed by atoms with Gasteiger partial charge >= 0.3 is 12.0 Å². The van der Waals surface area contributed by atoms with Crippen molar-refractivity contribution in [2.75, 3.05) is 13.7 Å². The second-order valence-electron chi connectivity index (χ2n) is 2.59. The lowest BCUT2D eigenvalue weighted by Gasteiger charge is -2.23. The first-order chi connectivity index (χ1) is 6.54. The summed E-state index contributed by atoms with van der Waals surface area (Å²) in [5, 5.41) is 1.91. The molecule has 0 aliphatic carbocycles. The highest BCUT2D eigenvalue weighted by Crippen LogP contribution is 2.02. The molecule has 0 aromatic rings. The third-order valence-corrected chi connectivity index (χ3v) is 1.62. The molecule has 0 spiro atoms. The van der Waals surface area contributed by atoms with E-state index in [4.69, 9.17) is 0 Å². The predicted molar refractivity (Wildman–Crippen MR) is 41.9 cm³/mol. The van der Waals surface area contributed by atoms with Gasteiger partial charge in [-0.3, -0.25) is 24.6 Å². The maximum absolute atomic E-state index is 11.1. The summed E-state index contributed by atoms with van der Waals surface area (Å²) in [7, 11) is 1.14. The number of methoxy groups -OCH3 is 1. The fourth-order valence-corrected chi connectivity index (χ4v) is 0.931. The van der Waals surface area contributed by atoms with E-state index in [0.29, 0.717) is 4.90 Å². The molecule has 7 nitrogen and oxygen atoms in total. The van der Waals surface area contributed by atoms with Crippen LogP contribution in [0.15, 0.2) is 0 Å². The first-order valence-electron chi connectivity index (χ1n) is 3.75. The molecule has 1 heterocycles. The SMILES string of the molecule is COC(=O)CN1C(=O)CC(=O)NC1=O. The second kappa shape index (κ2) is 3.86. The number of carbonyl (C=O) groups is 4. The number of nitrogens with zero attached hydrogens (tertiary/aromatic N) is 1. The minimum atomic E-state index is -0.892. The van der Waals surface area contributed by atoms with E-state index in [1.807, 2.05) is 5.32 Å². The number of imide groups is 2. The van der Waals surface area contributed by atoms with Crippen LogP contribution in [0.1, 0.15) is 6.42 Å². The lowest BCUT2D eigenvalue weighted by Crippen LogP contribution is -2.54. The molecule has 0 radical (unpaired) electrons. The van der Waals surface area contributed by atoms with Gasteiger partial charge in [0.2, 0.25) is 11.8 Å². The molecule has 1 fully saturated rings. The monoisotopic (exact) mass is 200 g/mol. The third-order valence-electron chi connectivity index (χ3n) is 1.62. The number of amides is 4. The van der Waals surface area contributed by atoms with Crippen molar-refractivity contribution < 1.29 is 23.9 Å². The first kappa shape index (κ1) is 10.2. The van der Waals surface area contributed by atoms with E-state index in [2.05, 4.69) is 4.74 Å². The molecule has 0 aromatic heterocycles. The molecule has 4 amide bonds. The van der Waals surface area contributed by atoms with Crippen LogP contribution in [0.5, 0.6) is 0 Å².